The van der Waals surface area contributed by atoms with Gasteiger partial charge in [-0.15, -0.1) is 11.3 Å². The van der Waals surface area contributed by atoms with E-state index in [2.05, 4.69) is 39.4 Å². The molecule has 2 aromatic rings. The molecule has 2 aliphatic rings. The van der Waals surface area contributed by atoms with Crippen LogP contribution in [-0.2, 0) is 22.4 Å². The van der Waals surface area contributed by atoms with Gasteiger partial charge >= 0.3 is 5.97 Å². The fraction of sp³-hybridized carbons (Fsp3) is 0.500. The van der Waals surface area contributed by atoms with Crippen molar-refractivity contribution in [2.45, 2.75) is 38.5 Å². The highest BCUT2D eigenvalue weighted by molar-refractivity contribution is 7.17. The van der Waals surface area contributed by atoms with Gasteiger partial charge < -0.3 is 15.0 Å². The number of fused-ring (bicyclic) bond motifs is 1. The first-order valence-electron chi connectivity index (χ1n) is 11.2. The molecular weight excluding hydrogens is 410 g/mol. The Kier molecular flexibility index (Phi) is 7.25. The van der Waals surface area contributed by atoms with Crippen LogP contribution in [0, 0.1) is 0 Å². The number of rotatable bonds is 5. The lowest BCUT2D eigenvalue weighted by molar-refractivity contribution is -0.117. The summed E-state index contributed by atoms with van der Waals surface area (Å²) in [7, 11) is 1.41. The lowest BCUT2D eigenvalue weighted by Crippen LogP contribution is -2.48. The summed E-state index contributed by atoms with van der Waals surface area (Å²) in [4.78, 5) is 31.1. The number of carbonyl (C=O) groups excluding carboxylic acids is 2. The van der Waals surface area contributed by atoms with Crippen molar-refractivity contribution in [1.29, 1.82) is 0 Å². The third kappa shape index (κ3) is 5.28. The molecule has 166 valence electrons. The maximum Gasteiger partial charge on any atom is 0.341 e. The third-order valence-electron chi connectivity index (χ3n) is 6.17. The van der Waals surface area contributed by atoms with Crippen LogP contribution in [0.4, 0.5) is 10.7 Å². The lowest BCUT2D eigenvalue weighted by Gasteiger charge is -2.35. The van der Waals surface area contributed by atoms with Crippen LogP contribution in [0.1, 0.15) is 46.5 Å². The Morgan fingerprint density at radius 1 is 1.00 bits per heavy atom. The molecular formula is C24H31N3O3S. The van der Waals surface area contributed by atoms with Gasteiger partial charge in [0.25, 0.3) is 0 Å². The second-order valence-electron chi connectivity index (χ2n) is 8.26. The van der Waals surface area contributed by atoms with E-state index < -0.39 is 0 Å². The Labute approximate surface area is 188 Å². The second kappa shape index (κ2) is 10.3. The Balaban J connectivity index is 1.39. The Hall–Kier alpha value is -2.38. The van der Waals surface area contributed by atoms with Gasteiger partial charge in [0.2, 0.25) is 5.91 Å². The summed E-state index contributed by atoms with van der Waals surface area (Å²) in [6.07, 6.45) is 6.48. The average molecular weight is 442 g/mol. The molecule has 1 fully saturated rings. The van der Waals surface area contributed by atoms with Crippen LogP contribution in [-0.4, -0.2) is 56.6 Å². The zero-order valence-electron chi connectivity index (χ0n) is 18.2. The van der Waals surface area contributed by atoms with Crippen LogP contribution >= 0.6 is 11.3 Å². The van der Waals surface area contributed by atoms with E-state index in [-0.39, 0.29) is 11.9 Å². The number of anilines is 2. The minimum absolute atomic E-state index is 0.0625. The van der Waals surface area contributed by atoms with Crippen molar-refractivity contribution in [3.8, 4) is 0 Å². The maximum atomic E-state index is 12.8. The summed E-state index contributed by atoms with van der Waals surface area (Å²) in [6.45, 7) is 3.82. The first-order valence-corrected chi connectivity index (χ1v) is 12.0. The van der Waals surface area contributed by atoms with E-state index in [4.69, 9.17) is 4.74 Å². The summed E-state index contributed by atoms with van der Waals surface area (Å²) in [5.74, 6) is -0.405. The number of methoxy groups -OCH3 is 1. The summed E-state index contributed by atoms with van der Waals surface area (Å²) in [5.41, 5.74) is 2.89. The molecule has 6 nitrogen and oxygen atoms in total. The number of benzene rings is 1. The average Bonchev–Trinajstić information content (AvgIpc) is 3.10. The van der Waals surface area contributed by atoms with Gasteiger partial charge in [0, 0.05) is 36.7 Å². The number of thiophene rings is 1. The number of nitrogens with one attached hydrogen (secondary N) is 1. The number of amides is 1. The summed E-state index contributed by atoms with van der Waals surface area (Å²) in [5, 5.41) is 3.70. The van der Waals surface area contributed by atoms with Gasteiger partial charge in [0.15, 0.2) is 0 Å². The molecule has 2 heterocycles. The van der Waals surface area contributed by atoms with Gasteiger partial charge in [-0.3, -0.25) is 9.69 Å². The molecule has 1 N–H and O–H groups in total. The van der Waals surface area contributed by atoms with Gasteiger partial charge in [-0.1, -0.05) is 31.0 Å². The number of aryl methyl sites for hydroxylation is 1. The van der Waals surface area contributed by atoms with E-state index in [9.17, 15) is 9.59 Å². The highest BCUT2D eigenvalue weighted by atomic mass is 32.1. The molecule has 0 spiro atoms. The predicted octanol–water partition coefficient (Wildman–Crippen LogP) is 3.95. The number of piperazine rings is 1. The fourth-order valence-corrected chi connectivity index (χ4v) is 5.79. The van der Waals surface area contributed by atoms with E-state index in [0.717, 1.165) is 57.4 Å². The van der Waals surface area contributed by atoms with Crippen LogP contribution < -0.4 is 10.2 Å². The molecule has 0 atom stereocenters. The Bertz CT molecular complexity index is 904. The van der Waals surface area contributed by atoms with Gasteiger partial charge in [0.05, 0.1) is 19.2 Å². The summed E-state index contributed by atoms with van der Waals surface area (Å²) >= 11 is 1.56. The number of nitrogens with zero attached hydrogens (tertiary/aromatic N) is 2. The topological polar surface area (TPSA) is 61.9 Å². The number of para-hydroxylation sites is 1. The van der Waals surface area contributed by atoms with Gasteiger partial charge in [0.1, 0.15) is 5.00 Å². The molecule has 7 heteroatoms. The van der Waals surface area contributed by atoms with Gasteiger partial charge in [-0.25, -0.2) is 4.79 Å². The van der Waals surface area contributed by atoms with Crippen LogP contribution in [0.3, 0.4) is 0 Å². The first kappa shape index (κ1) is 21.8. The first-order chi connectivity index (χ1) is 15.2. The van der Waals surface area contributed by atoms with Crippen molar-refractivity contribution in [2.24, 2.45) is 0 Å². The Morgan fingerprint density at radius 3 is 2.42 bits per heavy atom. The SMILES string of the molecule is COC(=O)c1c(NC(=O)CN2CCN(c3ccccc3)CC2)sc2c1CCCCCC2. The molecule has 0 unspecified atom stereocenters. The molecule has 1 aliphatic heterocycles. The van der Waals surface area contributed by atoms with Crippen molar-refractivity contribution in [3.05, 3.63) is 46.3 Å². The van der Waals surface area contributed by atoms with Crippen LogP contribution in [0.2, 0.25) is 0 Å². The van der Waals surface area contributed by atoms with Crippen LogP contribution in [0.5, 0.6) is 0 Å². The molecule has 4 rings (SSSR count). The van der Waals surface area contributed by atoms with E-state index in [0.29, 0.717) is 17.1 Å². The molecule has 0 radical (unpaired) electrons. The maximum absolute atomic E-state index is 12.8. The standard InChI is InChI=1S/C24H31N3O3S/c1-30-24(29)22-19-11-7-2-3-8-12-20(19)31-23(22)25-21(28)17-26-13-15-27(16-14-26)18-9-5-4-6-10-18/h4-6,9-10H,2-3,7-8,11-17H2,1H3,(H,25,28). The molecule has 1 aromatic heterocycles. The fourth-order valence-electron chi connectivity index (χ4n) is 4.50. The molecule has 0 saturated carbocycles. The van der Waals surface area contributed by atoms with Crippen molar-refractivity contribution in [1.82, 2.24) is 4.90 Å². The normalized spacial score (nSPS) is 17.4. The minimum Gasteiger partial charge on any atom is -0.465 e. The molecule has 31 heavy (non-hydrogen) atoms. The highest BCUT2D eigenvalue weighted by Gasteiger charge is 2.26. The molecule has 1 saturated heterocycles. The highest BCUT2D eigenvalue weighted by Crippen LogP contribution is 2.37. The van der Waals surface area contributed by atoms with Crippen molar-refractivity contribution < 1.29 is 14.3 Å². The lowest BCUT2D eigenvalue weighted by atomic mass is 9.96. The van der Waals surface area contributed by atoms with Gasteiger partial charge in [-0.2, -0.15) is 0 Å². The monoisotopic (exact) mass is 441 g/mol. The molecule has 1 amide bonds. The van der Waals surface area contributed by atoms with Crippen molar-refractivity contribution in [2.75, 3.05) is 50.1 Å². The largest absolute Gasteiger partial charge is 0.465 e. The zero-order valence-corrected chi connectivity index (χ0v) is 19.0. The Morgan fingerprint density at radius 2 is 1.71 bits per heavy atom. The minimum atomic E-state index is -0.343. The number of esters is 1. The van der Waals surface area contributed by atoms with Crippen molar-refractivity contribution in [3.63, 3.8) is 0 Å². The number of carbonyl (C=O) groups is 2. The number of hydrogen-bond acceptors (Lipinski definition) is 6. The zero-order chi connectivity index (χ0) is 21.6. The second-order valence-corrected chi connectivity index (χ2v) is 9.37. The molecule has 1 aromatic carbocycles. The smallest absolute Gasteiger partial charge is 0.341 e. The van der Waals surface area contributed by atoms with Crippen LogP contribution in [0.15, 0.2) is 30.3 Å². The quantitative estimate of drug-likeness (QED) is 0.712. The summed E-state index contributed by atoms with van der Waals surface area (Å²) in [6, 6.07) is 10.4. The predicted molar refractivity (Wildman–Crippen MR) is 125 cm³/mol. The molecule has 0 bridgehead atoms. The van der Waals surface area contributed by atoms with E-state index >= 15 is 0 Å². The van der Waals surface area contributed by atoms with Crippen molar-refractivity contribution >= 4 is 33.9 Å². The third-order valence-corrected chi connectivity index (χ3v) is 7.38. The van der Waals surface area contributed by atoms with Crippen LogP contribution in [0.25, 0.3) is 0 Å². The number of ether oxygens (including phenoxy) is 1. The molecule has 1 aliphatic carbocycles. The van der Waals surface area contributed by atoms with E-state index in [1.165, 1.54) is 30.5 Å². The number of hydrogen-bond donors (Lipinski definition) is 1. The van der Waals surface area contributed by atoms with E-state index in [1.807, 2.05) is 6.07 Å². The van der Waals surface area contributed by atoms with Gasteiger partial charge in [-0.05, 0) is 43.4 Å². The summed E-state index contributed by atoms with van der Waals surface area (Å²) < 4.78 is 5.06. The van der Waals surface area contributed by atoms with E-state index in [1.54, 1.807) is 11.3 Å².